The first kappa shape index (κ1) is 18.6. The van der Waals surface area contributed by atoms with E-state index < -0.39 is 0 Å². The number of ether oxygens (including phenoxy) is 1. The molecule has 0 aliphatic heterocycles. The van der Waals surface area contributed by atoms with E-state index in [2.05, 4.69) is 27.8 Å². The Hall–Kier alpha value is -0.780. The molecule has 1 aliphatic carbocycles. The van der Waals surface area contributed by atoms with Gasteiger partial charge in [0.05, 0.1) is 12.3 Å². The maximum atomic E-state index is 8.93. The van der Waals surface area contributed by atoms with E-state index in [1.54, 1.807) is 0 Å². The molecule has 0 saturated heterocycles. The third-order valence-corrected chi connectivity index (χ3v) is 5.33. The molecule has 130 valence electrons. The SMILES string of the molecule is CCN(Cc1cc(OCCO)cc(Br)c1N)C1CCCCCC1. The van der Waals surface area contributed by atoms with Gasteiger partial charge in [-0.05, 0) is 53.0 Å². The number of benzene rings is 1. The van der Waals surface area contributed by atoms with Crippen LogP contribution in [0.5, 0.6) is 5.75 Å². The summed E-state index contributed by atoms with van der Waals surface area (Å²) in [6.07, 6.45) is 7.98. The minimum Gasteiger partial charge on any atom is -0.491 e. The lowest BCUT2D eigenvalue weighted by molar-refractivity contribution is 0.179. The van der Waals surface area contributed by atoms with E-state index in [1.165, 1.54) is 38.5 Å². The van der Waals surface area contributed by atoms with Gasteiger partial charge in [-0.1, -0.05) is 32.6 Å². The predicted octanol–water partition coefficient (Wildman–Crippen LogP) is 3.95. The van der Waals surface area contributed by atoms with Crippen molar-refractivity contribution in [3.63, 3.8) is 0 Å². The average molecular weight is 385 g/mol. The predicted molar refractivity (Wildman–Crippen MR) is 98.7 cm³/mol. The largest absolute Gasteiger partial charge is 0.491 e. The van der Waals surface area contributed by atoms with Gasteiger partial charge in [0.15, 0.2) is 0 Å². The van der Waals surface area contributed by atoms with Gasteiger partial charge in [0.25, 0.3) is 0 Å². The van der Waals surface area contributed by atoms with Crippen LogP contribution in [0.2, 0.25) is 0 Å². The summed E-state index contributed by atoms with van der Waals surface area (Å²) in [6.45, 7) is 4.42. The van der Waals surface area contributed by atoms with Crippen LogP contribution in [0.4, 0.5) is 5.69 Å². The minimum atomic E-state index is 0.0144. The highest BCUT2D eigenvalue weighted by Gasteiger charge is 2.20. The Balaban J connectivity index is 2.13. The zero-order chi connectivity index (χ0) is 16.7. The molecule has 0 bridgehead atoms. The van der Waals surface area contributed by atoms with E-state index in [-0.39, 0.29) is 6.61 Å². The number of aliphatic hydroxyl groups excluding tert-OH is 1. The molecule has 23 heavy (non-hydrogen) atoms. The van der Waals surface area contributed by atoms with Crippen LogP contribution in [0, 0.1) is 0 Å². The highest BCUT2D eigenvalue weighted by atomic mass is 79.9. The van der Waals surface area contributed by atoms with Crippen LogP contribution in [0.1, 0.15) is 51.0 Å². The number of anilines is 1. The van der Waals surface area contributed by atoms with Crippen LogP contribution in [0.15, 0.2) is 16.6 Å². The summed E-state index contributed by atoms with van der Waals surface area (Å²) in [6, 6.07) is 4.54. The monoisotopic (exact) mass is 384 g/mol. The molecule has 3 N–H and O–H groups in total. The van der Waals surface area contributed by atoms with Crippen molar-refractivity contribution in [1.29, 1.82) is 0 Å². The third-order valence-electron chi connectivity index (χ3n) is 4.67. The summed E-state index contributed by atoms with van der Waals surface area (Å²) in [5, 5.41) is 8.93. The fraction of sp³-hybridized carbons (Fsp3) is 0.667. The number of nitrogens with zero attached hydrogens (tertiary/aromatic N) is 1. The molecule has 1 aliphatic rings. The number of hydrogen-bond acceptors (Lipinski definition) is 4. The van der Waals surface area contributed by atoms with Gasteiger partial charge in [-0.3, -0.25) is 4.90 Å². The van der Waals surface area contributed by atoms with Crippen LogP contribution >= 0.6 is 15.9 Å². The molecule has 1 aromatic rings. The summed E-state index contributed by atoms with van der Waals surface area (Å²) in [5.74, 6) is 0.757. The molecule has 0 heterocycles. The molecule has 0 aromatic heterocycles. The molecule has 1 fully saturated rings. The van der Waals surface area contributed by atoms with Crippen molar-refractivity contribution in [3.8, 4) is 5.75 Å². The number of aliphatic hydroxyl groups is 1. The van der Waals surface area contributed by atoms with Gasteiger partial charge in [-0.2, -0.15) is 0 Å². The number of nitrogens with two attached hydrogens (primary N) is 1. The highest BCUT2D eigenvalue weighted by Crippen LogP contribution is 2.32. The first-order valence-corrected chi connectivity index (χ1v) is 9.50. The molecule has 0 radical (unpaired) electrons. The number of hydrogen-bond donors (Lipinski definition) is 2. The fourth-order valence-electron chi connectivity index (χ4n) is 3.37. The molecule has 4 nitrogen and oxygen atoms in total. The first-order valence-electron chi connectivity index (χ1n) is 8.71. The Kier molecular flexibility index (Phi) is 7.66. The molecule has 0 unspecified atom stereocenters. The molecule has 2 rings (SSSR count). The van der Waals surface area contributed by atoms with Crippen molar-refractivity contribution >= 4 is 21.6 Å². The summed E-state index contributed by atoms with van der Waals surface area (Å²) < 4.78 is 6.42. The van der Waals surface area contributed by atoms with Gasteiger partial charge in [-0.15, -0.1) is 0 Å². The lowest BCUT2D eigenvalue weighted by atomic mass is 10.1. The second-order valence-electron chi connectivity index (χ2n) is 6.26. The second kappa shape index (κ2) is 9.50. The maximum absolute atomic E-state index is 8.93. The lowest BCUT2D eigenvalue weighted by Gasteiger charge is -2.30. The Labute approximate surface area is 148 Å². The van der Waals surface area contributed by atoms with E-state index in [0.717, 1.165) is 34.6 Å². The van der Waals surface area contributed by atoms with Gasteiger partial charge in [0.2, 0.25) is 0 Å². The molecule has 1 aromatic carbocycles. The summed E-state index contributed by atoms with van der Waals surface area (Å²) in [5.41, 5.74) is 8.15. The molecule has 0 atom stereocenters. The van der Waals surface area contributed by atoms with Crippen LogP contribution < -0.4 is 10.5 Å². The van der Waals surface area contributed by atoms with Crippen molar-refractivity contribution < 1.29 is 9.84 Å². The topological polar surface area (TPSA) is 58.7 Å². The molecule has 5 heteroatoms. The zero-order valence-corrected chi connectivity index (χ0v) is 15.6. The van der Waals surface area contributed by atoms with Crippen molar-refractivity contribution in [2.45, 2.75) is 58.0 Å². The smallest absolute Gasteiger partial charge is 0.121 e. The Bertz CT molecular complexity index is 488. The zero-order valence-electron chi connectivity index (χ0n) is 14.1. The van der Waals surface area contributed by atoms with Gasteiger partial charge >= 0.3 is 0 Å². The van der Waals surface area contributed by atoms with Crippen LogP contribution in [0.3, 0.4) is 0 Å². The van der Waals surface area contributed by atoms with Gasteiger partial charge in [0, 0.05) is 17.1 Å². The number of halogens is 1. The van der Waals surface area contributed by atoms with Gasteiger partial charge in [-0.25, -0.2) is 0 Å². The van der Waals surface area contributed by atoms with E-state index in [1.807, 2.05) is 12.1 Å². The Morgan fingerprint density at radius 2 is 1.96 bits per heavy atom. The maximum Gasteiger partial charge on any atom is 0.121 e. The van der Waals surface area contributed by atoms with Crippen molar-refractivity contribution in [2.24, 2.45) is 0 Å². The Morgan fingerprint density at radius 1 is 1.26 bits per heavy atom. The lowest BCUT2D eigenvalue weighted by Crippen LogP contribution is -2.34. The second-order valence-corrected chi connectivity index (χ2v) is 7.11. The fourth-order valence-corrected chi connectivity index (χ4v) is 3.85. The first-order chi connectivity index (χ1) is 11.2. The molecular formula is C18H29BrN2O2. The quantitative estimate of drug-likeness (QED) is 0.551. The standard InChI is InChI=1S/C18H29BrN2O2/c1-2-21(15-7-5-3-4-6-8-15)13-14-11-16(23-10-9-22)12-17(19)18(14)20/h11-12,15,22H,2-10,13,20H2,1H3. The molecule has 1 saturated carbocycles. The summed E-state index contributed by atoms with van der Waals surface area (Å²) >= 11 is 3.52. The van der Waals surface area contributed by atoms with Crippen molar-refractivity contribution in [3.05, 3.63) is 22.2 Å². The van der Waals surface area contributed by atoms with Crippen LogP contribution in [-0.2, 0) is 6.54 Å². The highest BCUT2D eigenvalue weighted by molar-refractivity contribution is 9.10. The van der Waals surface area contributed by atoms with Crippen LogP contribution in [0.25, 0.3) is 0 Å². The molecular weight excluding hydrogens is 356 g/mol. The van der Waals surface area contributed by atoms with Gasteiger partial charge < -0.3 is 15.6 Å². The number of rotatable bonds is 7. The number of nitrogen functional groups attached to an aromatic ring is 1. The minimum absolute atomic E-state index is 0.0144. The average Bonchev–Trinajstić information content (AvgIpc) is 2.83. The van der Waals surface area contributed by atoms with Crippen LogP contribution in [-0.4, -0.2) is 35.8 Å². The summed E-state index contributed by atoms with van der Waals surface area (Å²) in [4.78, 5) is 2.54. The van der Waals surface area contributed by atoms with Crippen molar-refractivity contribution in [2.75, 3.05) is 25.5 Å². The van der Waals surface area contributed by atoms with E-state index in [0.29, 0.717) is 12.6 Å². The van der Waals surface area contributed by atoms with Crippen molar-refractivity contribution in [1.82, 2.24) is 4.90 Å². The molecule has 0 spiro atoms. The van der Waals surface area contributed by atoms with E-state index in [9.17, 15) is 0 Å². The van der Waals surface area contributed by atoms with Gasteiger partial charge in [0.1, 0.15) is 12.4 Å². The third kappa shape index (κ3) is 5.37. The molecule has 0 amide bonds. The normalized spacial score (nSPS) is 16.5. The summed E-state index contributed by atoms with van der Waals surface area (Å²) in [7, 11) is 0. The Morgan fingerprint density at radius 3 is 2.57 bits per heavy atom. The van der Waals surface area contributed by atoms with E-state index in [4.69, 9.17) is 15.6 Å². The van der Waals surface area contributed by atoms with E-state index >= 15 is 0 Å².